The number of hydrogen-bond donors (Lipinski definition) is 1. The Labute approximate surface area is 124 Å². The number of nitrogens with zero attached hydrogens (tertiary/aromatic N) is 1. The summed E-state index contributed by atoms with van der Waals surface area (Å²) in [6, 6.07) is 0.604. The van der Waals surface area contributed by atoms with E-state index in [1.54, 1.807) is 7.11 Å². The van der Waals surface area contributed by atoms with Gasteiger partial charge in [-0.2, -0.15) is 0 Å². The van der Waals surface area contributed by atoms with Crippen molar-refractivity contribution in [3.63, 3.8) is 0 Å². The van der Waals surface area contributed by atoms with Crippen molar-refractivity contribution in [1.29, 1.82) is 0 Å². The molecule has 0 aromatic carbocycles. The summed E-state index contributed by atoms with van der Waals surface area (Å²) in [5, 5.41) is 3.57. The van der Waals surface area contributed by atoms with E-state index >= 15 is 0 Å². The van der Waals surface area contributed by atoms with Crippen molar-refractivity contribution in [3.8, 4) is 5.75 Å². The van der Waals surface area contributed by atoms with Gasteiger partial charge in [0.05, 0.1) is 7.11 Å². The van der Waals surface area contributed by atoms with Gasteiger partial charge in [-0.25, -0.2) is 0 Å². The quantitative estimate of drug-likeness (QED) is 0.788. The van der Waals surface area contributed by atoms with E-state index in [0.29, 0.717) is 12.0 Å². The van der Waals surface area contributed by atoms with Crippen LogP contribution in [0, 0.1) is 19.8 Å². The number of rotatable bonds is 8. The minimum atomic E-state index is 0.604. The van der Waals surface area contributed by atoms with Crippen molar-refractivity contribution in [2.45, 2.75) is 59.9 Å². The standard InChI is InChI=1S/C17H30N2O/c1-7-18-15(12(2)3)9-8-10-16-14(5)17(20-6)13(4)11-19-16/h11-12,15,18H,7-10H2,1-6H3. The molecule has 0 radical (unpaired) electrons. The number of pyridine rings is 1. The lowest BCUT2D eigenvalue weighted by Crippen LogP contribution is -2.33. The lowest BCUT2D eigenvalue weighted by atomic mass is 9.97. The van der Waals surface area contributed by atoms with Crippen LogP contribution in [-0.4, -0.2) is 24.7 Å². The van der Waals surface area contributed by atoms with Gasteiger partial charge >= 0.3 is 0 Å². The Morgan fingerprint density at radius 2 is 2.00 bits per heavy atom. The molecule has 3 heteroatoms. The Kier molecular flexibility index (Phi) is 7.00. The van der Waals surface area contributed by atoms with Gasteiger partial charge in [-0.05, 0) is 45.6 Å². The van der Waals surface area contributed by atoms with Gasteiger partial charge in [-0.15, -0.1) is 0 Å². The van der Waals surface area contributed by atoms with Gasteiger partial charge in [0.2, 0.25) is 0 Å². The first-order valence-corrected chi connectivity index (χ1v) is 7.73. The molecule has 0 saturated heterocycles. The molecular weight excluding hydrogens is 248 g/mol. The summed E-state index contributed by atoms with van der Waals surface area (Å²) in [5.74, 6) is 1.67. The zero-order valence-electron chi connectivity index (χ0n) is 13.9. The van der Waals surface area contributed by atoms with Gasteiger partial charge in [0, 0.05) is 29.1 Å². The SMILES string of the molecule is CCNC(CCCc1ncc(C)c(OC)c1C)C(C)C. The molecule has 1 N–H and O–H groups in total. The summed E-state index contributed by atoms with van der Waals surface area (Å²) in [4.78, 5) is 4.57. The molecule has 0 fully saturated rings. The van der Waals surface area contributed by atoms with Crippen LogP contribution in [0.15, 0.2) is 6.20 Å². The molecule has 1 rings (SSSR count). The van der Waals surface area contributed by atoms with Gasteiger partial charge in [-0.3, -0.25) is 4.98 Å². The Bertz CT molecular complexity index is 416. The van der Waals surface area contributed by atoms with E-state index in [9.17, 15) is 0 Å². The van der Waals surface area contributed by atoms with Crippen LogP contribution in [0.5, 0.6) is 5.75 Å². The van der Waals surface area contributed by atoms with Crippen LogP contribution < -0.4 is 10.1 Å². The third-order valence-electron chi connectivity index (χ3n) is 3.95. The van der Waals surface area contributed by atoms with Crippen LogP contribution in [0.3, 0.4) is 0 Å². The van der Waals surface area contributed by atoms with Crippen molar-refractivity contribution in [1.82, 2.24) is 10.3 Å². The molecule has 0 aliphatic rings. The first-order valence-electron chi connectivity index (χ1n) is 7.73. The van der Waals surface area contributed by atoms with Gasteiger partial charge in [0.15, 0.2) is 0 Å². The van der Waals surface area contributed by atoms with Crippen LogP contribution in [0.25, 0.3) is 0 Å². The Morgan fingerprint density at radius 1 is 1.30 bits per heavy atom. The average Bonchev–Trinajstić information content (AvgIpc) is 2.40. The second-order valence-electron chi connectivity index (χ2n) is 5.85. The first kappa shape index (κ1) is 17.0. The lowest BCUT2D eigenvalue weighted by molar-refractivity contribution is 0.376. The van der Waals surface area contributed by atoms with Crippen molar-refractivity contribution < 1.29 is 4.74 Å². The van der Waals surface area contributed by atoms with Crippen LogP contribution in [-0.2, 0) is 6.42 Å². The maximum absolute atomic E-state index is 5.47. The van der Waals surface area contributed by atoms with Crippen LogP contribution in [0.2, 0.25) is 0 Å². The van der Waals surface area contributed by atoms with E-state index in [-0.39, 0.29) is 0 Å². The Hall–Kier alpha value is -1.09. The maximum Gasteiger partial charge on any atom is 0.128 e. The summed E-state index contributed by atoms with van der Waals surface area (Å²) in [6.07, 6.45) is 5.31. The second kappa shape index (κ2) is 8.25. The zero-order valence-corrected chi connectivity index (χ0v) is 13.9. The highest BCUT2D eigenvalue weighted by atomic mass is 16.5. The van der Waals surface area contributed by atoms with Gasteiger partial charge in [-0.1, -0.05) is 20.8 Å². The normalized spacial score (nSPS) is 12.8. The summed E-state index contributed by atoms with van der Waals surface area (Å²) in [7, 11) is 1.74. The van der Waals surface area contributed by atoms with Gasteiger partial charge in [0.1, 0.15) is 5.75 Å². The minimum Gasteiger partial charge on any atom is -0.496 e. The fourth-order valence-electron chi connectivity index (χ4n) is 2.75. The highest BCUT2D eigenvalue weighted by Gasteiger charge is 2.13. The predicted molar refractivity (Wildman–Crippen MR) is 85.5 cm³/mol. The van der Waals surface area contributed by atoms with Crippen LogP contribution >= 0.6 is 0 Å². The lowest BCUT2D eigenvalue weighted by Gasteiger charge is -2.21. The van der Waals surface area contributed by atoms with E-state index in [4.69, 9.17) is 4.74 Å². The molecule has 0 aliphatic carbocycles. The minimum absolute atomic E-state index is 0.604. The molecule has 3 nitrogen and oxygen atoms in total. The molecule has 20 heavy (non-hydrogen) atoms. The van der Waals surface area contributed by atoms with E-state index in [1.165, 1.54) is 17.7 Å². The van der Waals surface area contributed by atoms with E-state index in [1.807, 2.05) is 13.1 Å². The van der Waals surface area contributed by atoms with Crippen molar-refractivity contribution in [3.05, 3.63) is 23.0 Å². The summed E-state index contributed by atoms with van der Waals surface area (Å²) < 4.78 is 5.47. The van der Waals surface area contributed by atoms with E-state index < -0.39 is 0 Å². The highest BCUT2D eigenvalue weighted by molar-refractivity contribution is 5.41. The van der Waals surface area contributed by atoms with Crippen molar-refractivity contribution in [2.75, 3.05) is 13.7 Å². The zero-order chi connectivity index (χ0) is 15.1. The molecule has 0 spiro atoms. The number of methoxy groups -OCH3 is 1. The molecular formula is C17H30N2O. The number of nitrogens with one attached hydrogen (secondary N) is 1. The summed E-state index contributed by atoms with van der Waals surface area (Å²) in [5.41, 5.74) is 3.48. The number of aromatic nitrogens is 1. The fourth-order valence-corrected chi connectivity index (χ4v) is 2.75. The van der Waals surface area contributed by atoms with E-state index in [2.05, 4.69) is 38.0 Å². The monoisotopic (exact) mass is 278 g/mol. The van der Waals surface area contributed by atoms with E-state index in [0.717, 1.165) is 30.7 Å². The summed E-state index contributed by atoms with van der Waals surface area (Å²) in [6.45, 7) is 11.9. The topological polar surface area (TPSA) is 34.2 Å². The van der Waals surface area contributed by atoms with Crippen LogP contribution in [0.4, 0.5) is 0 Å². The van der Waals surface area contributed by atoms with Gasteiger partial charge in [0.25, 0.3) is 0 Å². The third kappa shape index (κ3) is 4.48. The molecule has 0 bridgehead atoms. The van der Waals surface area contributed by atoms with Crippen molar-refractivity contribution >= 4 is 0 Å². The largest absolute Gasteiger partial charge is 0.496 e. The highest BCUT2D eigenvalue weighted by Crippen LogP contribution is 2.25. The molecule has 0 aliphatic heterocycles. The Balaban J connectivity index is 2.62. The number of ether oxygens (including phenoxy) is 1. The molecule has 1 atom stereocenters. The molecule has 114 valence electrons. The molecule has 1 heterocycles. The predicted octanol–water partition coefficient (Wildman–Crippen LogP) is 3.66. The second-order valence-corrected chi connectivity index (χ2v) is 5.85. The molecule has 1 aromatic heterocycles. The van der Waals surface area contributed by atoms with Gasteiger partial charge < -0.3 is 10.1 Å². The number of aryl methyl sites for hydroxylation is 2. The van der Waals surface area contributed by atoms with Crippen LogP contribution in [0.1, 0.15) is 50.4 Å². The maximum atomic E-state index is 5.47. The molecule has 1 unspecified atom stereocenters. The summed E-state index contributed by atoms with van der Waals surface area (Å²) >= 11 is 0. The Morgan fingerprint density at radius 3 is 2.55 bits per heavy atom. The smallest absolute Gasteiger partial charge is 0.128 e. The number of hydrogen-bond acceptors (Lipinski definition) is 3. The third-order valence-corrected chi connectivity index (χ3v) is 3.95. The van der Waals surface area contributed by atoms with Crippen molar-refractivity contribution in [2.24, 2.45) is 5.92 Å². The molecule has 0 amide bonds. The first-order chi connectivity index (χ1) is 9.51. The molecule has 0 saturated carbocycles. The fraction of sp³-hybridized carbons (Fsp3) is 0.706. The average molecular weight is 278 g/mol. The molecule has 1 aromatic rings.